The summed E-state index contributed by atoms with van der Waals surface area (Å²) in [5.74, 6) is 1.13. The fourth-order valence-corrected chi connectivity index (χ4v) is 3.37. The molecule has 1 atom stereocenters. The number of amides is 1. The quantitative estimate of drug-likeness (QED) is 0.408. The Kier molecular flexibility index (Phi) is 6.84. The van der Waals surface area contributed by atoms with E-state index in [1.54, 1.807) is 41.3 Å². The predicted molar refractivity (Wildman–Crippen MR) is 129 cm³/mol. The zero-order chi connectivity index (χ0) is 23.9. The van der Waals surface area contributed by atoms with Crippen LogP contribution in [0.5, 0.6) is 5.75 Å². The Morgan fingerprint density at radius 2 is 2.00 bits per heavy atom. The molecule has 2 aromatic heterocycles. The van der Waals surface area contributed by atoms with Crippen molar-refractivity contribution in [1.82, 2.24) is 20.1 Å². The zero-order valence-electron chi connectivity index (χ0n) is 18.9. The number of hydrogen-bond acceptors (Lipinski definition) is 6. The van der Waals surface area contributed by atoms with Crippen LogP contribution in [0.2, 0.25) is 0 Å². The third-order valence-electron chi connectivity index (χ3n) is 5.18. The van der Waals surface area contributed by atoms with Gasteiger partial charge in [0.2, 0.25) is 0 Å². The van der Waals surface area contributed by atoms with Gasteiger partial charge in [-0.3, -0.25) is 9.48 Å². The van der Waals surface area contributed by atoms with Gasteiger partial charge in [-0.1, -0.05) is 24.3 Å². The Hall–Kier alpha value is -4.64. The summed E-state index contributed by atoms with van der Waals surface area (Å²) in [6, 6.07) is 20.2. The molecule has 0 spiro atoms. The smallest absolute Gasteiger partial charge is 0.251 e. The van der Waals surface area contributed by atoms with Gasteiger partial charge in [0.15, 0.2) is 0 Å². The van der Waals surface area contributed by atoms with Crippen molar-refractivity contribution in [2.45, 2.75) is 19.6 Å². The maximum atomic E-state index is 12.7. The number of nitrogens with one attached hydrogen (secondary N) is 2. The maximum absolute atomic E-state index is 12.7. The van der Waals surface area contributed by atoms with Crippen LogP contribution in [0.15, 0.2) is 79.3 Å². The minimum Gasteiger partial charge on any atom is -0.486 e. The number of carbonyl (C=O) groups is 1. The van der Waals surface area contributed by atoms with Crippen molar-refractivity contribution in [1.29, 1.82) is 5.26 Å². The van der Waals surface area contributed by atoms with Gasteiger partial charge in [0.1, 0.15) is 17.7 Å². The van der Waals surface area contributed by atoms with Crippen molar-refractivity contribution in [2.24, 2.45) is 7.05 Å². The van der Waals surface area contributed by atoms with Gasteiger partial charge in [0.05, 0.1) is 23.5 Å². The summed E-state index contributed by atoms with van der Waals surface area (Å²) < 4.78 is 7.82. The van der Waals surface area contributed by atoms with Crippen LogP contribution in [0.4, 0.5) is 11.5 Å². The average Bonchev–Trinajstić information content (AvgIpc) is 3.27. The minimum atomic E-state index is -0.278. The van der Waals surface area contributed by atoms with Crippen molar-refractivity contribution in [3.63, 3.8) is 0 Å². The van der Waals surface area contributed by atoms with E-state index in [0.29, 0.717) is 29.2 Å². The van der Waals surface area contributed by atoms with Gasteiger partial charge in [-0.2, -0.15) is 10.4 Å². The lowest BCUT2D eigenvalue weighted by molar-refractivity contribution is 0.0950. The minimum absolute atomic E-state index is 0.176. The summed E-state index contributed by atoms with van der Waals surface area (Å²) in [4.78, 5) is 17.0. The van der Waals surface area contributed by atoms with Crippen LogP contribution in [-0.2, 0) is 13.6 Å². The molecule has 170 valence electrons. The van der Waals surface area contributed by atoms with Gasteiger partial charge >= 0.3 is 0 Å². The first kappa shape index (κ1) is 22.6. The number of aromatic nitrogens is 3. The summed E-state index contributed by atoms with van der Waals surface area (Å²) in [5, 5.41) is 19.1. The second kappa shape index (κ2) is 10.3. The van der Waals surface area contributed by atoms with E-state index in [1.165, 1.54) is 0 Å². The Bertz CT molecular complexity index is 1320. The van der Waals surface area contributed by atoms with Crippen LogP contribution in [0.1, 0.15) is 40.1 Å². The summed E-state index contributed by atoms with van der Waals surface area (Å²) >= 11 is 0. The molecule has 4 aromatic rings. The molecule has 0 aliphatic rings. The number of aryl methyl sites for hydroxylation is 1. The molecule has 2 heterocycles. The first-order chi connectivity index (χ1) is 16.5. The highest BCUT2D eigenvalue weighted by molar-refractivity contribution is 5.94. The number of rotatable bonds is 8. The Morgan fingerprint density at radius 3 is 2.74 bits per heavy atom. The Labute approximate surface area is 197 Å². The van der Waals surface area contributed by atoms with Crippen molar-refractivity contribution in [3.8, 4) is 11.8 Å². The van der Waals surface area contributed by atoms with Crippen LogP contribution < -0.4 is 15.4 Å². The van der Waals surface area contributed by atoms with Crippen LogP contribution >= 0.6 is 0 Å². The number of benzene rings is 2. The molecular formula is C26H24N6O2. The monoisotopic (exact) mass is 452 g/mol. The number of nitrogens with zero attached hydrogens (tertiary/aromatic N) is 4. The second-order valence-corrected chi connectivity index (χ2v) is 7.78. The number of anilines is 2. The van der Waals surface area contributed by atoms with Crippen LogP contribution in [0.3, 0.4) is 0 Å². The molecule has 8 heteroatoms. The lowest BCUT2D eigenvalue weighted by atomic mass is 10.1. The molecular weight excluding hydrogens is 428 g/mol. The van der Waals surface area contributed by atoms with Crippen molar-refractivity contribution in [3.05, 3.63) is 102 Å². The van der Waals surface area contributed by atoms with Gasteiger partial charge in [-0.25, -0.2) is 4.98 Å². The van der Waals surface area contributed by atoms with Gasteiger partial charge < -0.3 is 15.4 Å². The third kappa shape index (κ3) is 5.78. The molecule has 2 N–H and O–H groups in total. The summed E-state index contributed by atoms with van der Waals surface area (Å²) in [7, 11) is 1.85. The lowest BCUT2D eigenvalue weighted by Crippen LogP contribution is -2.23. The van der Waals surface area contributed by atoms with Gasteiger partial charge in [-0.05, 0) is 48.4 Å². The van der Waals surface area contributed by atoms with Crippen molar-refractivity contribution < 1.29 is 9.53 Å². The molecule has 0 fully saturated rings. The molecule has 0 aliphatic carbocycles. The van der Waals surface area contributed by atoms with Gasteiger partial charge in [0, 0.05) is 37.6 Å². The highest BCUT2D eigenvalue weighted by Crippen LogP contribution is 2.25. The van der Waals surface area contributed by atoms with Gasteiger partial charge in [0.25, 0.3) is 5.91 Å². The zero-order valence-corrected chi connectivity index (χ0v) is 18.9. The van der Waals surface area contributed by atoms with E-state index >= 15 is 0 Å². The average molecular weight is 453 g/mol. The summed E-state index contributed by atoms with van der Waals surface area (Å²) in [6.45, 7) is 2.31. The molecule has 1 amide bonds. The maximum Gasteiger partial charge on any atom is 0.251 e. The largest absolute Gasteiger partial charge is 0.486 e. The van der Waals surface area contributed by atoms with Crippen molar-refractivity contribution in [2.75, 3.05) is 5.32 Å². The molecule has 4 rings (SSSR count). The molecule has 34 heavy (non-hydrogen) atoms. The molecule has 0 radical (unpaired) electrons. The lowest BCUT2D eigenvalue weighted by Gasteiger charge is -2.16. The molecule has 0 bridgehead atoms. The standard InChI is InChI=1S/C26H24N6O2/c1-18(34-24-10-11-28-25(13-24)31-23-16-30-32(2)17-23)21-4-3-5-22(12-21)26(33)29-15-20-8-6-19(14-27)7-9-20/h3-13,16-18H,15H2,1-2H3,(H,28,31)(H,29,33). The Balaban J connectivity index is 1.38. The van der Waals surface area contributed by atoms with Crippen LogP contribution in [0, 0.1) is 11.3 Å². The SMILES string of the molecule is CC(Oc1ccnc(Nc2cnn(C)c2)c1)c1cccc(C(=O)NCc2ccc(C#N)cc2)c1. The number of carbonyl (C=O) groups excluding carboxylic acids is 1. The first-order valence-corrected chi connectivity index (χ1v) is 10.8. The fourth-order valence-electron chi connectivity index (χ4n) is 3.37. The molecule has 2 aromatic carbocycles. The second-order valence-electron chi connectivity index (χ2n) is 7.78. The topological polar surface area (TPSA) is 105 Å². The van der Waals surface area contributed by atoms with E-state index < -0.39 is 0 Å². The normalized spacial score (nSPS) is 11.3. The highest BCUT2D eigenvalue weighted by atomic mass is 16.5. The van der Waals surface area contributed by atoms with E-state index in [1.807, 2.05) is 56.6 Å². The third-order valence-corrected chi connectivity index (χ3v) is 5.18. The first-order valence-electron chi connectivity index (χ1n) is 10.8. The van der Waals surface area contributed by atoms with Crippen LogP contribution in [-0.4, -0.2) is 20.7 Å². The van der Waals surface area contributed by atoms with E-state index in [-0.39, 0.29) is 12.0 Å². The molecule has 8 nitrogen and oxygen atoms in total. The molecule has 0 aliphatic heterocycles. The number of hydrogen-bond donors (Lipinski definition) is 2. The van der Waals surface area contributed by atoms with E-state index in [0.717, 1.165) is 16.8 Å². The predicted octanol–water partition coefficient (Wildman–Crippen LogP) is 4.50. The number of ether oxygens (including phenoxy) is 1. The Morgan fingerprint density at radius 1 is 1.18 bits per heavy atom. The van der Waals surface area contributed by atoms with E-state index in [4.69, 9.17) is 10.00 Å². The number of pyridine rings is 1. The summed E-state index contributed by atoms with van der Waals surface area (Å²) in [6.07, 6.45) is 4.97. The molecule has 0 saturated heterocycles. The van der Waals surface area contributed by atoms with Gasteiger partial charge in [-0.15, -0.1) is 0 Å². The van der Waals surface area contributed by atoms with E-state index in [2.05, 4.69) is 26.8 Å². The van der Waals surface area contributed by atoms with Crippen LogP contribution in [0.25, 0.3) is 0 Å². The summed E-state index contributed by atoms with van der Waals surface area (Å²) in [5.41, 5.74) is 3.78. The van der Waals surface area contributed by atoms with E-state index in [9.17, 15) is 4.79 Å². The number of nitriles is 1. The fraction of sp³-hybridized carbons (Fsp3) is 0.154. The van der Waals surface area contributed by atoms with Crippen molar-refractivity contribution >= 4 is 17.4 Å². The molecule has 0 saturated carbocycles. The highest BCUT2D eigenvalue weighted by Gasteiger charge is 2.12. The molecule has 1 unspecified atom stereocenters.